The summed E-state index contributed by atoms with van der Waals surface area (Å²) >= 11 is 1.53. The van der Waals surface area contributed by atoms with E-state index in [9.17, 15) is 4.79 Å². The van der Waals surface area contributed by atoms with Gasteiger partial charge in [0.05, 0.1) is 19.3 Å². The zero-order valence-electron chi connectivity index (χ0n) is 10.5. The summed E-state index contributed by atoms with van der Waals surface area (Å²) in [5, 5.41) is 13.2. The lowest BCUT2D eigenvalue weighted by atomic mass is 10.3. The summed E-state index contributed by atoms with van der Waals surface area (Å²) in [6.45, 7) is 4.13. The lowest BCUT2D eigenvalue weighted by molar-refractivity contribution is 0.115. The second-order valence-electron chi connectivity index (χ2n) is 3.88. The predicted octanol–water partition coefficient (Wildman–Crippen LogP) is 2.12. The second-order valence-corrected chi connectivity index (χ2v) is 4.88. The van der Waals surface area contributed by atoms with Crippen LogP contribution in [-0.2, 0) is 11.3 Å². The van der Waals surface area contributed by atoms with Crippen LogP contribution in [0.25, 0.3) is 0 Å². The Bertz CT molecular complexity index is 443. The van der Waals surface area contributed by atoms with Crippen LogP contribution in [0.2, 0.25) is 0 Å². The van der Waals surface area contributed by atoms with Crippen LogP contribution in [0.4, 0.5) is 4.79 Å². The summed E-state index contributed by atoms with van der Waals surface area (Å²) in [5.41, 5.74) is 0.905. The van der Waals surface area contributed by atoms with Crippen LogP contribution < -0.4 is 5.32 Å². The molecule has 1 rings (SSSR count). The fourth-order valence-corrected chi connectivity index (χ4v) is 1.93. The summed E-state index contributed by atoms with van der Waals surface area (Å²) in [6.07, 6.45) is -0.0519. The minimum atomic E-state index is -0.411. The Morgan fingerprint density at radius 1 is 1.61 bits per heavy atom. The van der Waals surface area contributed by atoms with Gasteiger partial charge in [-0.25, -0.2) is 4.79 Å². The Hall–Kier alpha value is -1.51. The number of rotatable bonds is 4. The predicted molar refractivity (Wildman–Crippen MR) is 71.4 cm³/mol. The van der Waals surface area contributed by atoms with Gasteiger partial charge in [-0.3, -0.25) is 0 Å². The standard InChI is InChI=1S/C13H17NO3S/c1-10(2)17-13(16)14-8-12-7-11(9-18-12)5-3-4-6-15/h7,9-10,15H,4,6,8H2,1-2H3,(H,14,16). The second kappa shape index (κ2) is 7.75. The monoisotopic (exact) mass is 267 g/mol. The number of ether oxygens (including phenoxy) is 1. The molecular weight excluding hydrogens is 250 g/mol. The maximum Gasteiger partial charge on any atom is 0.407 e. The molecule has 4 nitrogen and oxygen atoms in total. The van der Waals surface area contributed by atoms with E-state index in [0.717, 1.165) is 10.4 Å². The number of alkyl carbamates (subject to hydrolysis) is 1. The van der Waals surface area contributed by atoms with E-state index in [1.807, 2.05) is 11.4 Å². The zero-order chi connectivity index (χ0) is 13.4. The summed E-state index contributed by atoms with van der Waals surface area (Å²) < 4.78 is 4.96. The van der Waals surface area contributed by atoms with Gasteiger partial charge >= 0.3 is 6.09 Å². The quantitative estimate of drug-likeness (QED) is 0.821. The Morgan fingerprint density at radius 3 is 3.06 bits per heavy atom. The van der Waals surface area contributed by atoms with Crippen LogP contribution in [0.3, 0.4) is 0 Å². The molecule has 18 heavy (non-hydrogen) atoms. The van der Waals surface area contributed by atoms with E-state index < -0.39 is 6.09 Å². The molecule has 0 aromatic carbocycles. The van der Waals surface area contributed by atoms with Gasteiger partial charge < -0.3 is 15.2 Å². The number of thiophene rings is 1. The molecule has 0 saturated heterocycles. The van der Waals surface area contributed by atoms with Crippen molar-refractivity contribution in [1.82, 2.24) is 5.32 Å². The number of hydrogen-bond donors (Lipinski definition) is 2. The van der Waals surface area contributed by atoms with Crippen molar-refractivity contribution < 1.29 is 14.6 Å². The SMILES string of the molecule is CC(C)OC(=O)NCc1cc(C#CCCO)cs1. The largest absolute Gasteiger partial charge is 0.447 e. The molecular formula is C13H17NO3S. The van der Waals surface area contributed by atoms with Gasteiger partial charge in [-0.15, -0.1) is 11.3 Å². The number of carbonyl (C=O) groups is 1. The van der Waals surface area contributed by atoms with E-state index in [-0.39, 0.29) is 12.7 Å². The molecule has 1 aromatic heterocycles. The van der Waals surface area contributed by atoms with Crippen LogP contribution in [0.1, 0.15) is 30.7 Å². The third-order valence-corrected chi connectivity index (χ3v) is 2.81. The first kappa shape index (κ1) is 14.6. The van der Waals surface area contributed by atoms with Crippen molar-refractivity contribution in [2.24, 2.45) is 0 Å². The zero-order valence-corrected chi connectivity index (χ0v) is 11.3. The Morgan fingerprint density at radius 2 is 2.39 bits per heavy atom. The molecule has 1 aromatic rings. The van der Waals surface area contributed by atoms with Gasteiger partial charge in [0, 0.05) is 22.2 Å². The van der Waals surface area contributed by atoms with Crippen molar-refractivity contribution in [3.8, 4) is 11.8 Å². The van der Waals surface area contributed by atoms with Gasteiger partial charge in [-0.1, -0.05) is 11.8 Å². The fourth-order valence-electron chi connectivity index (χ4n) is 1.17. The molecule has 0 aliphatic heterocycles. The van der Waals surface area contributed by atoms with Crippen molar-refractivity contribution in [1.29, 1.82) is 0 Å². The van der Waals surface area contributed by atoms with E-state index in [1.165, 1.54) is 11.3 Å². The van der Waals surface area contributed by atoms with Crippen LogP contribution in [0.5, 0.6) is 0 Å². The van der Waals surface area contributed by atoms with E-state index >= 15 is 0 Å². The molecule has 0 radical (unpaired) electrons. The number of aliphatic hydroxyl groups is 1. The molecule has 5 heteroatoms. The number of carbonyl (C=O) groups excluding carboxylic acids is 1. The molecule has 0 fully saturated rings. The lowest BCUT2D eigenvalue weighted by Crippen LogP contribution is -2.25. The first-order valence-corrected chi connectivity index (χ1v) is 6.61. The maximum absolute atomic E-state index is 11.3. The van der Waals surface area contributed by atoms with Gasteiger partial charge in [0.25, 0.3) is 0 Å². The van der Waals surface area contributed by atoms with Gasteiger partial charge in [0.15, 0.2) is 0 Å². The van der Waals surface area contributed by atoms with Gasteiger partial charge in [-0.2, -0.15) is 0 Å². The maximum atomic E-state index is 11.3. The molecule has 1 heterocycles. The number of aliphatic hydroxyl groups excluding tert-OH is 1. The first-order chi connectivity index (χ1) is 8.61. The van der Waals surface area contributed by atoms with Crippen molar-refractivity contribution in [3.63, 3.8) is 0 Å². The van der Waals surface area contributed by atoms with Crippen LogP contribution >= 0.6 is 11.3 Å². The van der Waals surface area contributed by atoms with Gasteiger partial charge in [0.2, 0.25) is 0 Å². The molecule has 2 N–H and O–H groups in total. The molecule has 0 saturated carbocycles. The molecule has 98 valence electrons. The van der Waals surface area contributed by atoms with Crippen LogP contribution in [0.15, 0.2) is 11.4 Å². The Balaban J connectivity index is 2.40. The van der Waals surface area contributed by atoms with E-state index in [0.29, 0.717) is 13.0 Å². The number of hydrogen-bond acceptors (Lipinski definition) is 4. The van der Waals surface area contributed by atoms with Crippen LogP contribution in [0, 0.1) is 11.8 Å². The molecule has 0 aliphatic rings. The summed E-state index contributed by atoms with van der Waals surface area (Å²) in [5.74, 6) is 5.79. The average Bonchev–Trinajstić information content (AvgIpc) is 2.74. The van der Waals surface area contributed by atoms with E-state index in [1.54, 1.807) is 13.8 Å². The topological polar surface area (TPSA) is 58.6 Å². The number of nitrogens with one attached hydrogen (secondary N) is 1. The minimum absolute atomic E-state index is 0.0760. The van der Waals surface area contributed by atoms with E-state index in [2.05, 4.69) is 17.2 Å². The Kier molecular flexibility index (Phi) is 6.26. The van der Waals surface area contributed by atoms with E-state index in [4.69, 9.17) is 9.84 Å². The molecule has 0 atom stereocenters. The summed E-state index contributed by atoms with van der Waals surface area (Å²) in [7, 11) is 0. The van der Waals surface area contributed by atoms with Crippen molar-refractivity contribution in [2.75, 3.05) is 6.61 Å². The molecule has 0 aliphatic carbocycles. The minimum Gasteiger partial charge on any atom is -0.447 e. The average molecular weight is 267 g/mol. The molecule has 0 bridgehead atoms. The van der Waals surface area contributed by atoms with Crippen molar-refractivity contribution in [2.45, 2.75) is 32.9 Å². The lowest BCUT2D eigenvalue weighted by Gasteiger charge is -2.08. The van der Waals surface area contributed by atoms with Crippen molar-refractivity contribution >= 4 is 17.4 Å². The smallest absolute Gasteiger partial charge is 0.407 e. The Labute approximate surface area is 111 Å². The molecule has 1 amide bonds. The number of amides is 1. The highest BCUT2D eigenvalue weighted by Crippen LogP contribution is 2.13. The summed E-state index contributed by atoms with van der Waals surface area (Å²) in [4.78, 5) is 12.3. The normalized spacial score (nSPS) is 9.78. The third kappa shape index (κ3) is 5.71. The highest BCUT2D eigenvalue weighted by atomic mass is 32.1. The van der Waals surface area contributed by atoms with Crippen LogP contribution in [-0.4, -0.2) is 23.9 Å². The molecule has 0 unspecified atom stereocenters. The van der Waals surface area contributed by atoms with Gasteiger partial charge in [-0.05, 0) is 19.9 Å². The highest BCUT2D eigenvalue weighted by Gasteiger charge is 2.05. The highest BCUT2D eigenvalue weighted by molar-refractivity contribution is 7.10. The summed E-state index contributed by atoms with van der Waals surface area (Å²) in [6, 6.07) is 1.92. The molecule has 0 spiro atoms. The first-order valence-electron chi connectivity index (χ1n) is 5.73. The van der Waals surface area contributed by atoms with Gasteiger partial charge in [0.1, 0.15) is 0 Å². The third-order valence-electron chi connectivity index (χ3n) is 1.87. The van der Waals surface area contributed by atoms with Crippen molar-refractivity contribution in [3.05, 3.63) is 21.9 Å². The fraction of sp³-hybridized carbons (Fsp3) is 0.462.